The van der Waals surface area contributed by atoms with Gasteiger partial charge in [-0.2, -0.15) is 0 Å². The number of nitrogens with zero attached hydrogens (tertiary/aromatic N) is 1. The van der Waals surface area contributed by atoms with Crippen molar-refractivity contribution in [2.75, 3.05) is 6.54 Å². The zero-order chi connectivity index (χ0) is 20.3. The number of aryl methyl sites for hydroxylation is 1. The fourth-order valence-electron chi connectivity index (χ4n) is 5.54. The topological polar surface area (TPSA) is 3.24 Å². The first-order valence-corrected chi connectivity index (χ1v) is 12.0. The Kier molecular flexibility index (Phi) is 5.62. The summed E-state index contributed by atoms with van der Waals surface area (Å²) in [6.07, 6.45) is 13.8. The Morgan fingerprint density at radius 2 is 1.63 bits per heavy atom. The van der Waals surface area contributed by atoms with Gasteiger partial charge in [-0.3, -0.25) is 0 Å². The van der Waals surface area contributed by atoms with Crippen LogP contribution in [0.25, 0.3) is 11.3 Å². The zero-order valence-electron chi connectivity index (χ0n) is 18.3. The molecule has 0 unspecified atom stereocenters. The average Bonchev–Trinajstić information content (AvgIpc) is 2.81. The van der Waals surface area contributed by atoms with Crippen LogP contribution in [0, 0.1) is 0 Å². The van der Waals surface area contributed by atoms with Crippen LogP contribution < -0.4 is 0 Å². The van der Waals surface area contributed by atoms with Crippen molar-refractivity contribution in [3.05, 3.63) is 94.2 Å². The van der Waals surface area contributed by atoms with Crippen LogP contribution in [0.5, 0.6) is 0 Å². The number of hydrogen-bond donors (Lipinski definition) is 0. The van der Waals surface area contributed by atoms with Gasteiger partial charge in [0, 0.05) is 17.8 Å². The molecule has 0 atom stereocenters. The number of benzene rings is 2. The summed E-state index contributed by atoms with van der Waals surface area (Å²) >= 11 is 0. The molecule has 2 aromatic rings. The minimum atomic E-state index is 1.14. The van der Waals surface area contributed by atoms with Crippen molar-refractivity contribution in [3.63, 3.8) is 0 Å². The zero-order valence-corrected chi connectivity index (χ0v) is 18.3. The monoisotopic (exact) mass is 395 g/mol. The lowest BCUT2D eigenvalue weighted by molar-refractivity contribution is 0.445. The van der Waals surface area contributed by atoms with Gasteiger partial charge in [-0.1, -0.05) is 86.9 Å². The molecule has 2 aromatic carbocycles. The molecule has 1 heteroatoms. The number of rotatable bonds is 6. The van der Waals surface area contributed by atoms with E-state index in [9.17, 15) is 0 Å². The van der Waals surface area contributed by atoms with Gasteiger partial charge in [0.1, 0.15) is 0 Å². The summed E-state index contributed by atoms with van der Waals surface area (Å²) in [4.78, 5) is 2.71. The van der Waals surface area contributed by atoms with Gasteiger partial charge in [0.2, 0.25) is 0 Å². The maximum atomic E-state index is 2.71. The summed E-state index contributed by atoms with van der Waals surface area (Å²) in [5.41, 5.74) is 12.1. The third-order valence-corrected chi connectivity index (χ3v) is 6.94. The normalized spacial score (nSPS) is 18.0. The van der Waals surface area contributed by atoms with Crippen LogP contribution in [-0.2, 0) is 6.42 Å². The van der Waals surface area contributed by atoms with Crippen molar-refractivity contribution in [2.24, 2.45) is 0 Å². The van der Waals surface area contributed by atoms with Gasteiger partial charge in [0.05, 0.1) is 5.70 Å². The first kappa shape index (κ1) is 19.4. The van der Waals surface area contributed by atoms with Crippen LogP contribution in [0.3, 0.4) is 0 Å². The van der Waals surface area contributed by atoms with Crippen molar-refractivity contribution in [3.8, 4) is 0 Å². The molecule has 30 heavy (non-hydrogen) atoms. The second-order valence-electron chi connectivity index (χ2n) is 8.90. The Morgan fingerprint density at radius 3 is 2.50 bits per heavy atom. The Bertz CT molecular complexity index is 1010. The molecule has 3 aliphatic rings. The molecule has 0 aromatic heterocycles. The first-order valence-electron chi connectivity index (χ1n) is 12.0. The van der Waals surface area contributed by atoms with Crippen LogP contribution in [0.15, 0.2) is 77.5 Å². The average molecular weight is 396 g/mol. The molecule has 2 aliphatic carbocycles. The van der Waals surface area contributed by atoms with Crippen molar-refractivity contribution in [1.29, 1.82) is 0 Å². The van der Waals surface area contributed by atoms with E-state index in [-0.39, 0.29) is 0 Å². The molecule has 0 radical (unpaired) electrons. The highest BCUT2D eigenvalue weighted by Gasteiger charge is 2.35. The highest BCUT2D eigenvalue weighted by Crippen LogP contribution is 2.50. The molecule has 1 aliphatic heterocycles. The lowest BCUT2D eigenvalue weighted by Gasteiger charge is -2.43. The molecule has 0 bridgehead atoms. The van der Waals surface area contributed by atoms with E-state index in [1.807, 2.05) is 0 Å². The molecule has 154 valence electrons. The van der Waals surface area contributed by atoms with E-state index < -0.39 is 0 Å². The molecule has 1 heterocycles. The third-order valence-electron chi connectivity index (χ3n) is 6.94. The number of allylic oxidation sites excluding steroid dienone is 4. The van der Waals surface area contributed by atoms with Gasteiger partial charge in [0.25, 0.3) is 0 Å². The summed E-state index contributed by atoms with van der Waals surface area (Å²) in [6, 6.07) is 20.3. The van der Waals surface area contributed by atoms with Crippen LogP contribution in [-0.4, -0.2) is 11.4 Å². The highest BCUT2D eigenvalue weighted by molar-refractivity contribution is 5.96. The second kappa shape index (κ2) is 8.68. The molecule has 0 saturated carbocycles. The van der Waals surface area contributed by atoms with Gasteiger partial charge in [-0.05, 0) is 66.4 Å². The summed E-state index contributed by atoms with van der Waals surface area (Å²) in [5.74, 6) is 0. The number of unbranched alkanes of at least 4 members (excludes halogenated alkanes) is 3. The Labute approximate surface area is 181 Å². The van der Waals surface area contributed by atoms with Crippen LogP contribution >= 0.6 is 0 Å². The van der Waals surface area contributed by atoms with E-state index >= 15 is 0 Å². The molecule has 0 spiro atoms. The first-order chi connectivity index (χ1) is 14.9. The third kappa shape index (κ3) is 3.45. The Hall–Kier alpha value is -2.54. The van der Waals surface area contributed by atoms with Gasteiger partial charge in [0.15, 0.2) is 0 Å². The van der Waals surface area contributed by atoms with Crippen molar-refractivity contribution >= 4 is 11.3 Å². The predicted molar refractivity (Wildman–Crippen MR) is 128 cm³/mol. The molecule has 0 amide bonds. The smallest absolute Gasteiger partial charge is 0.0526 e. The maximum Gasteiger partial charge on any atom is 0.0526 e. The molecular weight excluding hydrogens is 362 g/mol. The Balaban J connectivity index is 1.68. The highest BCUT2D eigenvalue weighted by atomic mass is 15.2. The van der Waals surface area contributed by atoms with Crippen LogP contribution in [0.2, 0.25) is 0 Å². The van der Waals surface area contributed by atoms with E-state index in [1.165, 1.54) is 78.6 Å². The standard InChI is InChI=1S/C29H33N/c1-2-3-4-12-21-30-27-18-11-10-17-25(27)28(23-14-6-5-7-15-23)26-20-19-22-13-8-9-16-24(22)29(26)30/h5-9,13-16,18H,2-4,10-12,17,19-21H2,1H3. The van der Waals surface area contributed by atoms with Crippen LogP contribution in [0.1, 0.15) is 75.0 Å². The summed E-state index contributed by atoms with van der Waals surface area (Å²) < 4.78 is 0. The predicted octanol–water partition coefficient (Wildman–Crippen LogP) is 7.76. The second-order valence-corrected chi connectivity index (χ2v) is 8.90. The lowest BCUT2D eigenvalue weighted by Crippen LogP contribution is -2.32. The summed E-state index contributed by atoms with van der Waals surface area (Å²) in [7, 11) is 0. The van der Waals surface area contributed by atoms with E-state index in [1.54, 1.807) is 11.1 Å². The molecule has 0 N–H and O–H groups in total. The maximum absolute atomic E-state index is 2.71. The van der Waals surface area contributed by atoms with E-state index in [0.29, 0.717) is 0 Å². The Morgan fingerprint density at radius 1 is 0.800 bits per heavy atom. The molecule has 0 saturated heterocycles. The molecule has 5 rings (SSSR count). The lowest BCUT2D eigenvalue weighted by atomic mass is 9.76. The van der Waals surface area contributed by atoms with Gasteiger partial charge in [-0.15, -0.1) is 0 Å². The fraction of sp³-hybridized carbons (Fsp3) is 0.379. The summed E-state index contributed by atoms with van der Waals surface area (Å²) in [6.45, 7) is 3.44. The number of fused-ring (bicyclic) bond motifs is 3. The van der Waals surface area contributed by atoms with E-state index in [0.717, 1.165) is 19.4 Å². The van der Waals surface area contributed by atoms with Crippen LogP contribution in [0.4, 0.5) is 0 Å². The van der Waals surface area contributed by atoms with Gasteiger partial charge < -0.3 is 4.90 Å². The summed E-state index contributed by atoms with van der Waals surface area (Å²) in [5, 5.41) is 0. The fourth-order valence-corrected chi connectivity index (χ4v) is 5.54. The number of hydrogen-bond acceptors (Lipinski definition) is 1. The van der Waals surface area contributed by atoms with Crippen molar-refractivity contribution < 1.29 is 0 Å². The van der Waals surface area contributed by atoms with E-state index in [4.69, 9.17) is 0 Å². The quantitative estimate of drug-likeness (QED) is 0.452. The van der Waals surface area contributed by atoms with Crippen molar-refractivity contribution in [1.82, 2.24) is 4.90 Å². The van der Waals surface area contributed by atoms with Crippen molar-refractivity contribution in [2.45, 2.75) is 64.7 Å². The van der Waals surface area contributed by atoms with E-state index in [2.05, 4.69) is 72.5 Å². The van der Waals surface area contributed by atoms with Gasteiger partial charge in [-0.25, -0.2) is 0 Å². The largest absolute Gasteiger partial charge is 0.341 e. The minimum absolute atomic E-state index is 1.14. The molecule has 0 fully saturated rings. The minimum Gasteiger partial charge on any atom is -0.341 e. The molecule has 1 nitrogen and oxygen atoms in total. The van der Waals surface area contributed by atoms with Gasteiger partial charge >= 0.3 is 0 Å². The molecular formula is C29H33N. The SMILES string of the molecule is CCCCCCN1C2=CCCCC2=C(c2ccccc2)C2=C1c1ccccc1CC2.